The lowest BCUT2D eigenvalue weighted by atomic mass is 10.00. The van der Waals surface area contributed by atoms with Crippen molar-refractivity contribution in [3.8, 4) is 0 Å². The van der Waals surface area contributed by atoms with Gasteiger partial charge in [0.15, 0.2) is 5.78 Å². The van der Waals surface area contributed by atoms with Gasteiger partial charge in [-0.15, -0.1) is 0 Å². The number of Topliss-reactive ketones (excluding diaryl/α,β-unsaturated/α-hetero) is 1. The number of oxime groups is 1. The number of carbonyl (C=O) groups is 1. The fourth-order valence-corrected chi connectivity index (χ4v) is 2.89. The lowest BCUT2D eigenvalue weighted by Crippen LogP contribution is -2.42. The number of ketones is 1. The molecule has 0 bridgehead atoms. The lowest BCUT2D eigenvalue weighted by Gasteiger charge is -2.23. The number of hydrogen-bond donors (Lipinski definition) is 4. The molecule has 11 heteroatoms. The van der Waals surface area contributed by atoms with Crippen molar-refractivity contribution in [1.29, 1.82) is 0 Å². The molecule has 4 atom stereocenters. The van der Waals surface area contributed by atoms with E-state index in [0.717, 1.165) is 23.5 Å². The number of hydrogen-bond acceptors (Lipinski definition) is 7. The van der Waals surface area contributed by atoms with Crippen LogP contribution in [0.1, 0.15) is 45.3 Å². The summed E-state index contributed by atoms with van der Waals surface area (Å²) < 4.78 is 6.83. The Hall–Kier alpha value is -2.66. The number of unbranched alkanes of at least 4 members (excludes halogenated alkanes) is 2. The number of nitrogens with one attached hydrogen (secondary N) is 1. The highest BCUT2D eigenvalue weighted by Gasteiger charge is 2.44. The first-order chi connectivity index (χ1) is 12.8. The van der Waals surface area contributed by atoms with Gasteiger partial charge in [-0.2, -0.15) is 0 Å². The predicted octanol–water partition coefficient (Wildman–Crippen LogP) is -1.09. The highest BCUT2D eigenvalue weighted by molar-refractivity contribution is 5.84. The van der Waals surface area contributed by atoms with Crippen LogP contribution in [0, 0.1) is 0 Å². The molecule has 1 aromatic heterocycles. The van der Waals surface area contributed by atoms with Gasteiger partial charge in [-0.05, 0) is 11.6 Å². The van der Waals surface area contributed by atoms with Crippen molar-refractivity contribution in [2.45, 2.75) is 63.6 Å². The summed E-state index contributed by atoms with van der Waals surface area (Å²) in [5.74, 6) is -0.686. The van der Waals surface area contributed by atoms with Crippen LogP contribution in [0.5, 0.6) is 0 Å². The highest BCUT2D eigenvalue weighted by Crippen LogP contribution is 2.31. The van der Waals surface area contributed by atoms with Crippen LogP contribution < -0.4 is 22.7 Å². The molecule has 6 N–H and O–H groups in total. The van der Waals surface area contributed by atoms with Crippen molar-refractivity contribution >= 4 is 11.7 Å². The van der Waals surface area contributed by atoms with Crippen LogP contribution in [0.15, 0.2) is 27.0 Å². The zero-order valence-corrected chi connectivity index (χ0v) is 15.0. The summed E-state index contributed by atoms with van der Waals surface area (Å²) in [6, 6.07) is 1.16. The molecule has 0 radical (unpaired) electrons. The minimum Gasteiger partial charge on any atom is -0.390 e. The second kappa shape index (κ2) is 9.33. The van der Waals surface area contributed by atoms with E-state index in [1.54, 1.807) is 0 Å². The average molecular weight is 383 g/mol. The number of aromatic nitrogens is 2. The van der Waals surface area contributed by atoms with E-state index >= 15 is 0 Å². The van der Waals surface area contributed by atoms with Crippen LogP contribution in [0.3, 0.4) is 0 Å². The molecule has 0 spiro atoms. The molecule has 0 aromatic carbocycles. The number of aliphatic hydroxyl groups excluding tert-OH is 1. The smallest absolute Gasteiger partial charge is 0.330 e. The quantitative estimate of drug-likeness (QED) is 0.180. The Kier molecular flexibility index (Phi) is 7.13. The number of rotatable bonds is 9. The molecule has 1 fully saturated rings. The molecular weight excluding hydrogens is 358 g/mol. The zero-order chi connectivity index (χ0) is 20.0. The van der Waals surface area contributed by atoms with Crippen molar-refractivity contribution < 1.29 is 19.5 Å². The molecule has 1 saturated heterocycles. The fourth-order valence-electron chi connectivity index (χ4n) is 2.89. The number of ether oxygens (including phenoxy) is 1. The summed E-state index contributed by atoms with van der Waals surface area (Å²) in [6.45, 7) is 2.01. The fraction of sp³-hybridized carbons (Fsp3) is 0.625. The van der Waals surface area contributed by atoms with Gasteiger partial charge in [0.1, 0.15) is 12.3 Å². The Balaban J connectivity index is 2.18. The Bertz CT molecular complexity index is 784. The summed E-state index contributed by atoms with van der Waals surface area (Å²) in [4.78, 5) is 42.9. The van der Waals surface area contributed by atoms with Gasteiger partial charge < -0.3 is 26.1 Å². The first kappa shape index (κ1) is 20.6. The van der Waals surface area contributed by atoms with Crippen molar-refractivity contribution in [1.82, 2.24) is 9.55 Å². The normalized spacial score (nSPS) is 23.0. The molecule has 150 valence electrons. The molecule has 0 aliphatic carbocycles. The summed E-state index contributed by atoms with van der Waals surface area (Å²) >= 11 is 0. The minimum absolute atomic E-state index is 0.0283. The maximum Gasteiger partial charge on any atom is 0.330 e. The largest absolute Gasteiger partial charge is 0.390 e. The van der Waals surface area contributed by atoms with E-state index < -0.39 is 35.8 Å². The first-order valence-electron chi connectivity index (χ1n) is 8.76. The van der Waals surface area contributed by atoms with Gasteiger partial charge in [0, 0.05) is 25.1 Å². The first-order valence-corrected chi connectivity index (χ1v) is 8.76. The van der Waals surface area contributed by atoms with E-state index in [0.29, 0.717) is 6.42 Å². The second-order valence-electron chi connectivity index (χ2n) is 6.34. The lowest BCUT2D eigenvalue weighted by molar-refractivity contribution is -0.149. The van der Waals surface area contributed by atoms with Gasteiger partial charge in [-0.3, -0.25) is 19.1 Å². The van der Waals surface area contributed by atoms with Crippen molar-refractivity contribution in [2.24, 2.45) is 16.6 Å². The van der Waals surface area contributed by atoms with E-state index in [4.69, 9.17) is 21.0 Å². The molecule has 11 nitrogen and oxygen atoms in total. The summed E-state index contributed by atoms with van der Waals surface area (Å²) in [5.41, 5.74) is 9.28. The maximum atomic E-state index is 12.5. The van der Waals surface area contributed by atoms with E-state index in [9.17, 15) is 19.5 Å². The third kappa shape index (κ3) is 5.41. The number of aromatic amines is 1. The molecule has 1 aromatic rings. The predicted molar refractivity (Wildman–Crippen MR) is 95.7 cm³/mol. The van der Waals surface area contributed by atoms with Crippen LogP contribution in [0.25, 0.3) is 0 Å². The standard InChI is InChI=1S/C16H25N5O6/c1-2-3-4-5-9(22)14(27-20-15(17)18)13-10(23)8-12(26-13)21-7-6-11(24)19-16(21)25/h6-7,10,12-14,23H,2-5,8H2,1H3,(H4,17,18,20)(H,19,24,25)/t10-,12+,13-,14?/m0/s1. The van der Waals surface area contributed by atoms with Crippen molar-refractivity contribution in [2.75, 3.05) is 0 Å². The molecule has 0 saturated carbocycles. The third-order valence-electron chi connectivity index (χ3n) is 4.21. The van der Waals surface area contributed by atoms with Gasteiger partial charge in [-0.25, -0.2) is 4.79 Å². The molecular formula is C16H25N5O6. The highest BCUT2D eigenvalue weighted by atomic mass is 16.7. The monoisotopic (exact) mass is 383 g/mol. The summed E-state index contributed by atoms with van der Waals surface area (Å²) in [6.07, 6.45) is -0.288. The number of H-pyrrole nitrogens is 1. The maximum absolute atomic E-state index is 12.5. The second-order valence-corrected chi connectivity index (χ2v) is 6.34. The van der Waals surface area contributed by atoms with Crippen LogP contribution in [-0.2, 0) is 14.4 Å². The number of nitrogens with two attached hydrogens (primary N) is 2. The molecule has 1 unspecified atom stereocenters. The van der Waals surface area contributed by atoms with Gasteiger partial charge in [-0.1, -0.05) is 19.8 Å². The number of nitrogens with zero attached hydrogens (tertiary/aromatic N) is 2. The molecule has 0 amide bonds. The number of aliphatic hydroxyl groups is 1. The third-order valence-corrected chi connectivity index (χ3v) is 4.21. The van der Waals surface area contributed by atoms with Gasteiger partial charge in [0.05, 0.1) is 6.10 Å². The Morgan fingerprint density at radius 1 is 1.48 bits per heavy atom. The van der Waals surface area contributed by atoms with E-state index in [1.807, 2.05) is 6.92 Å². The number of carbonyl (C=O) groups excluding carboxylic acids is 1. The summed E-state index contributed by atoms with van der Waals surface area (Å²) in [5, 5.41) is 13.8. The van der Waals surface area contributed by atoms with E-state index in [2.05, 4.69) is 10.1 Å². The van der Waals surface area contributed by atoms with Gasteiger partial charge >= 0.3 is 5.69 Å². The van der Waals surface area contributed by atoms with Crippen molar-refractivity contribution in [3.05, 3.63) is 33.1 Å². The van der Waals surface area contributed by atoms with Crippen LogP contribution >= 0.6 is 0 Å². The topological polar surface area (TPSA) is 175 Å². The van der Waals surface area contributed by atoms with Crippen molar-refractivity contribution in [3.63, 3.8) is 0 Å². The van der Waals surface area contributed by atoms with Crippen LogP contribution in [0.4, 0.5) is 0 Å². The Labute approximate surface area is 154 Å². The molecule has 2 rings (SSSR count). The average Bonchev–Trinajstić information content (AvgIpc) is 2.96. The Morgan fingerprint density at radius 3 is 2.85 bits per heavy atom. The van der Waals surface area contributed by atoms with Gasteiger partial charge in [0.2, 0.25) is 12.1 Å². The SMILES string of the molecule is CCCCCC(=O)C(ON=C(N)N)[C@H]1O[C@@H](n2ccc(=O)[nH]c2=O)C[C@@H]1O. The molecule has 1 aliphatic heterocycles. The van der Waals surface area contributed by atoms with Crippen LogP contribution in [0.2, 0.25) is 0 Å². The van der Waals surface area contributed by atoms with E-state index in [-0.39, 0.29) is 24.6 Å². The van der Waals surface area contributed by atoms with Gasteiger partial charge in [0.25, 0.3) is 5.56 Å². The minimum atomic E-state index is -1.22. The number of guanidine groups is 1. The van der Waals surface area contributed by atoms with E-state index in [1.165, 1.54) is 6.20 Å². The molecule has 27 heavy (non-hydrogen) atoms. The molecule has 1 aliphatic rings. The van der Waals surface area contributed by atoms with Crippen LogP contribution in [-0.4, -0.2) is 44.7 Å². The zero-order valence-electron chi connectivity index (χ0n) is 15.0. The Morgan fingerprint density at radius 2 is 2.22 bits per heavy atom. The molecule has 2 heterocycles. The summed E-state index contributed by atoms with van der Waals surface area (Å²) in [7, 11) is 0.